The lowest BCUT2D eigenvalue weighted by molar-refractivity contribution is 0.893. The Morgan fingerprint density at radius 2 is 2.21 bits per heavy atom. The van der Waals surface area contributed by atoms with Crippen molar-refractivity contribution in [2.45, 2.75) is 12.1 Å². The summed E-state index contributed by atoms with van der Waals surface area (Å²) < 4.78 is 3.03. The van der Waals surface area contributed by atoms with Gasteiger partial charge in [0.05, 0.1) is 5.69 Å². The van der Waals surface area contributed by atoms with E-state index in [2.05, 4.69) is 46.5 Å². The molecule has 0 saturated heterocycles. The Morgan fingerprint density at radius 1 is 1.43 bits per heavy atom. The predicted octanol–water partition coefficient (Wildman–Crippen LogP) is 3.23. The van der Waals surface area contributed by atoms with E-state index in [-0.39, 0.29) is 0 Å². The third kappa shape index (κ3) is 1.72. The zero-order valence-electron chi connectivity index (χ0n) is 7.61. The van der Waals surface area contributed by atoms with Gasteiger partial charge in [-0.1, -0.05) is 15.9 Å². The van der Waals surface area contributed by atoms with E-state index in [9.17, 15) is 0 Å². The summed E-state index contributed by atoms with van der Waals surface area (Å²) in [7, 11) is 0. The topological polar surface area (TPSA) is 17.8 Å². The van der Waals surface area contributed by atoms with Gasteiger partial charge in [0.1, 0.15) is 0 Å². The van der Waals surface area contributed by atoms with E-state index in [1.165, 1.54) is 5.56 Å². The lowest BCUT2D eigenvalue weighted by atomic mass is 10.2. The molecule has 0 fully saturated rings. The summed E-state index contributed by atoms with van der Waals surface area (Å²) in [6.07, 6.45) is 3.64. The lowest BCUT2D eigenvalue weighted by Crippen LogP contribution is -1.95. The van der Waals surface area contributed by atoms with Gasteiger partial charge >= 0.3 is 0 Å². The van der Waals surface area contributed by atoms with E-state index in [1.807, 2.05) is 22.9 Å². The van der Waals surface area contributed by atoms with Crippen LogP contribution < -0.4 is 0 Å². The number of rotatable bonds is 1. The Kier molecular flexibility index (Phi) is 2.65. The fourth-order valence-corrected chi connectivity index (χ4v) is 2.09. The fourth-order valence-electron chi connectivity index (χ4n) is 1.37. The van der Waals surface area contributed by atoms with Gasteiger partial charge in [-0.2, -0.15) is 0 Å². The molecule has 0 saturated carbocycles. The van der Waals surface area contributed by atoms with E-state index in [0.717, 1.165) is 10.2 Å². The average molecular weight is 269 g/mol. The van der Waals surface area contributed by atoms with Gasteiger partial charge in [0, 0.05) is 16.9 Å². The van der Waals surface area contributed by atoms with Gasteiger partial charge in [-0.3, -0.25) is 4.57 Å². The molecule has 2 nitrogen and oxygen atoms in total. The van der Waals surface area contributed by atoms with Crippen LogP contribution in [0.5, 0.6) is 0 Å². The van der Waals surface area contributed by atoms with Gasteiger partial charge in [-0.05, 0) is 30.7 Å². The molecule has 0 aliphatic heterocycles. The standard InChI is InChI=1S/C10H9BrN2S/c1-7-6-8(11)2-3-9(7)13-5-4-12-10(13)14/h2-6H,1H3,(H,12,14). The van der Waals surface area contributed by atoms with E-state index >= 15 is 0 Å². The highest BCUT2D eigenvalue weighted by Gasteiger charge is 2.04. The van der Waals surface area contributed by atoms with Gasteiger partial charge < -0.3 is 0 Å². The number of aromatic nitrogens is 2. The summed E-state index contributed by atoms with van der Waals surface area (Å²) in [5, 5.41) is 0.704. The number of halogens is 1. The summed E-state index contributed by atoms with van der Waals surface area (Å²) in [6.45, 7) is 2.06. The van der Waals surface area contributed by atoms with Crippen molar-refractivity contribution in [2.24, 2.45) is 0 Å². The van der Waals surface area contributed by atoms with Crippen LogP contribution in [0.4, 0.5) is 0 Å². The van der Waals surface area contributed by atoms with Crippen molar-refractivity contribution in [2.75, 3.05) is 0 Å². The molecule has 0 spiro atoms. The number of thiol groups is 1. The smallest absolute Gasteiger partial charge is 0.169 e. The average Bonchev–Trinajstić information content (AvgIpc) is 2.52. The van der Waals surface area contributed by atoms with Crippen LogP contribution >= 0.6 is 28.6 Å². The Balaban J connectivity index is 2.58. The number of hydrogen-bond acceptors (Lipinski definition) is 2. The molecule has 0 atom stereocenters. The summed E-state index contributed by atoms with van der Waals surface area (Å²) in [5.41, 5.74) is 2.29. The van der Waals surface area contributed by atoms with Crippen LogP contribution in [0.15, 0.2) is 40.2 Å². The summed E-state index contributed by atoms with van der Waals surface area (Å²) >= 11 is 7.71. The van der Waals surface area contributed by atoms with Crippen molar-refractivity contribution in [3.05, 3.63) is 40.6 Å². The maximum atomic E-state index is 4.27. The predicted molar refractivity (Wildman–Crippen MR) is 63.3 cm³/mol. The maximum Gasteiger partial charge on any atom is 0.169 e. The zero-order chi connectivity index (χ0) is 10.1. The lowest BCUT2D eigenvalue weighted by Gasteiger charge is -2.08. The second-order valence-corrected chi connectivity index (χ2v) is 4.34. The van der Waals surface area contributed by atoms with Gasteiger partial charge in [0.15, 0.2) is 5.16 Å². The molecule has 72 valence electrons. The van der Waals surface area contributed by atoms with Crippen molar-refractivity contribution in [1.82, 2.24) is 9.55 Å². The Hall–Kier alpha value is -0.740. The molecular weight excluding hydrogens is 260 g/mol. The minimum Gasteiger partial charge on any atom is -0.295 e. The quantitative estimate of drug-likeness (QED) is 0.787. The molecule has 2 rings (SSSR count). The summed E-state index contributed by atoms with van der Waals surface area (Å²) in [4.78, 5) is 4.07. The number of imidazole rings is 1. The monoisotopic (exact) mass is 268 g/mol. The van der Waals surface area contributed by atoms with E-state index in [4.69, 9.17) is 0 Å². The molecule has 1 aromatic heterocycles. The first-order chi connectivity index (χ1) is 6.68. The molecule has 0 N–H and O–H groups in total. The van der Waals surface area contributed by atoms with Crippen molar-refractivity contribution in [3.8, 4) is 5.69 Å². The van der Waals surface area contributed by atoms with Crippen LogP contribution in [-0.2, 0) is 0 Å². The molecule has 4 heteroatoms. The van der Waals surface area contributed by atoms with Gasteiger partial charge in [0.2, 0.25) is 0 Å². The first-order valence-corrected chi connectivity index (χ1v) is 5.41. The van der Waals surface area contributed by atoms with Crippen LogP contribution in [-0.4, -0.2) is 9.55 Å². The molecule has 2 aromatic rings. The Bertz CT molecular complexity index is 465. The normalized spacial score (nSPS) is 10.5. The highest BCUT2D eigenvalue weighted by Crippen LogP contribution is 2.21. The van der Waals surface area contributed by atoms with E-state index in [0.29, 0.717) is 5.16 Å². The third-order valence-electron chi connectivity index (χ3n) is 2.04. The van der Waals surface area contributed by atoms with Crippen LogP contribution in [0.1, 0.15) is 5.56 Å². The molecule has 0 aliphatic rings. The number of aryl methyl sites for hydroxylation is 1. The van der Waals surface area contributed by atoms with Crippen molar-refractivity contribution in [1.29, 1.82) is 0 Å². The van der Waals surface area contributed by atoms with E-state index in [1.54, 1.807) is 6.20 Å². The molecular formula is C10H9BrN2S. The van der Waals surface area contributed by atoms with Crippen LogP contribution in [0.25, 0.3) is 5.69 Å². The fraction of sp³-hybridized carbons (Fsp3) is 0.100. The summed E-state index contributed by atoms with van der Waals surface area (Å²) in [5.74, 6) is 0. The van der Waals surface area contributed by atoms with Crippen LogP contribution in [0.2, 0.25) is 0 Å². The van der Waals surface area contributed by atoms with Crippen molar-refractivity contribution >= 4 is 28.6 Å². The molecule has 1 aromatic carbocycles. The highest BCUT2D eigenvalue weighted by molar-refractivity contribution is 9.10. The van der Waals surface area contributed by atoms with Gasteiger partial charge in [-0.25, -0.2) is 4.98 Å². The zero-order valence-corrected chi connectivity index (χ0v) is 10.1. The minimum absolute atomic E-state index is 0.704. The molecule has 14 heavy (non-hydrogen) atoms. The molecule has 1 heterocycles. The second-order valence-electron chi connectivity index (χ2n) is 3.03. The Morgan fingerprint density at radius 3 is 2.79 bits per heavy atom. The number of hydrogen-bond donors (Lipinski definition) is 1. The summed E-state index contributed by atoms with van der Waals surface area (Å²) in [6, 6.07) is 6.12. The molecule has 0 unspecified atom stereocenters. The third-order valence-corrected chi connectivity index (χ3v) is 2.86. The Labute approximate surface area is 96.5 Å². The maximum absolute atomic E-state index is 4.27. The van der Waals surface area contributed by atoms with Crippen LogP contribution in [0.3, 0.4) is 0 Å². The number of nitrogens with zero attached hydrogens (tertiary/aromatic N) is 2. The molecule has 0 radical (unpaired) electrons. The van der Waals surface area contributed by atoms with Gasteiger partial charge in [0.25, 0.3) is 0 Å². The highest BCUT2D eigenvalue weighted by atomic mass is 79.9. The molecule has 0 aliphatic carbocycles. The van der Waals surface area contributed by atoms with E-state index < -0.39 is 0 Å². The van der Waals surface area contributed by atoms with Crippen LogP contribution in [0, 0.1) is 6.92 Å². The molecule has 0 bridgehead atoms. The SMILES string of the molecule is Cc1cc(Br)ccc1-n1ccnc1S. The van der Waals surface area contributed by atoms with Crippen molar-refractivity contribution < 1.29 is 0 Å². The first kappa shape index (κ1) is 9.80. The minimum atomic E-state index is 0.704. The first-order valence-electron chi connectivity index (χ1n) is 4.17. The largest absolute Gasteiger partial charge is 0.295 e. The second kappa shape index (κ2) is 3.79. The molecule has 0 amide bonds. The van der Waals surface area contributed by atoms with Crippen molar-refractivity contribution in [3.63, 3.8) is 0 Å². The number of benzene rings is 1. The van der Waals surface area contributed by atoms with Gasteiger partial charge in [-0.15, -0.1) is 12.6 Å².